The van der Waals surface area contributed by atoms with Crippen molar-refractivity contribution in [2.45, 2.75) is 23.8 Å². The highest BCUT2D eigenvalue weighted by Crippen LogP contribution is 2.44. The summed E-state index contributed by atoms with van der Waals surface area (Å²) in [5.41, 5.74) is 0.705. The predicted octanol–water partition coefficient (Wildman–Crippen LogP) is 0.919. The van der Waals surface area contributed by atoms with Gasteiger partial charge in [-0.25, -0.2) is 13.2 Å². The number of carbonyl (C=O) groups excluding carboxylic acids is 1. The number of aliphatic carboxylic acids is 1. The molecule has 0 saturated carbocycles. The number of ether oxygens (including phenoxy) is 1. The van der Waals surface area contributed by atoms with E-state index >= 15 is 0 Å². The van der Waals surface area contributed by atoms with E-state index in [4.69, 9.17) is 14.6 Å². The van der Waals surface area contributed by atoms with Crippen molar-refractivity contribution in [3.63, 3.8) is 0 Å². The average Bonchev–Trinajstić information content (AvgIpc) is 2.85. The minimum Gasteiger partial charge on any atom is -0.475 e. The van der Waals surface area contributed by atoms with Gasteiger partial charge in [-0.05, 0) is 18.6 Å². The van der Waals surface area contributed by atoms with Crippen molar-refractivity contribution in [2.75, 3.05) is 32.6 Å². The second kappa shape index (κ2) is 8.66. The number of carbonyl (C=O) groups is 2. The Bertz CT molecular complexity index is 838. The smallest absolute Gasteiger partial charge is 0.475 e. The van der Waals surface area contributed by atoms with Gasteiger partial charge in [0.05, 0.1) is 18.8 Å². The zero-order valence-electron chi connectivity index (χ0n) is 15.6. The van der Waals surface area contributed by atoms with Crippen molar-refractivity contribution >= 4 is 21.7 Å². The summed E-state index contributed by atoms with van der Waals surface area (Å²) in [5.74, 6) is -2.64. The SMILES string of the molecule is COCC1CCS(=O)(=O)C12CN(C(=O)Cc1ccccn1)C2.O=C(O)C(F)(F)F. The highest BCUT2D eigenvalue weighted by molar-refractivity contribution is 7.93. The van der Waals surface area contributed by atoms with Crippen LogP contribution in [-0.4, -0.2) is 78.8 Å². The van der Waals surface area contributed by atoms with Gasteiger partial charge in [-0.1, -0.05) is 6.07 Å². The number of rotatable bonds is 4. The lowest BCUT2D eigenvalue weighted by Gasteiger charge is -2.49. The van der Waals surface area contributed by atoms with Gasteiger partial charge in [0.2, 0.25) is 5.91 Å². The highest BCUT2D eigenvalue weighted by atomic mass is 32.2. The fourth-order valence-corrected chi connectivity index (χ4v) is 5.85. The minimum absolute atomic E-state index is 0.0126. The van der Waals surface area contributed by atoms with Crippen LogP contribution in [0.3, 0.4) is 0 Å². The van der Waals surface area contributed by atoms with Crippen molar-refractivity contribution in [2.24, 2.45) is 5.92 Å². The van der Waals surface area contributed by atoms with E-state index in [1.165, 1.54) is 0 Å². The molecule has 0 aliphatic carbocycles. The van der Waals surface area contributed by atoms with Crippen LogP contribution < -0.4 is 0 Å². The Kier molecular flexibility index (Phi) is 6.89. The summed E-state index contributed by atoms with van der Waals surface area (Å²) in [6.45, 7) is 1.01. The van der Waals surface area contributed by atoms with Gasteiger partial charge < -0.3 is 14.7 Å². The van der Waals surface area contributed by atoms with E-state index in [0.717, 1.165) is 0 Å². The Morgan fingerprint density at radius 2 is 1.97 bits per heavy atom. The molecule has 2 aliphatic heterocycles. The molecule has 3 rings (SSSR count). The van der Waals surface area contributed by atoms with Crippen molar-refractivity contribution in [3.8, 4) is 0 Å². The van der Waals surface area contributed by atoms with Crippen LogP contribution in [0.15, 0.2) is 24.4 Å². The van der Waals surface area contributed by atoms with Crippen LogP contribution in [0.5, 0.6) is 0 Å². The summed E-state index contributed by atoms with van der Waals surface area (Å²) in [7, 11) is -1.57. The summed E-state index contributed by atoms with van der Waals surface area (Å²) in [4.78, 5) is 26.9. The second-order valence-electron chi connectivity index (χ2n) is 6.88. The van der Waals surface area contributed by atoms with Gasteiger partial charge in [-0.3, -0.25) is 9.78 Å². The van der Waals surface area contributed by atoms with Gasteiger partial charge >= 0.3 is 12.1 Å². The number of pyridine rings is 1. The Hall–Kier alpha value is -2.21. The monoisotopic (exact) mass is 438 g/mol. The summed E-state index contributed by atoms with van der Waals surface area (Å²) in [6.07, 6.45) is -2.60. The number of amides is 1. The molecule has 1 N–H and O–H groups in total. The van der Waals surface area contributed by atoms with E-state index in [1.807, 2.05) is 6.07 Å². The van der Waals surface area contributed by atoms with Crippen LogP contribution in [0.25, 0.3) is 0 Å². The van der Waals surface area contributed by atoms with E-state index in [9.17, 15) is 26.4 Å². The molecule has 8 nitrogen and oxygen atoms in total. The molecule has 0 aromatic carbocycles. The molecular formula is C17H21F3N2O6S. The summed E-state index contributed by atoms with van der Waals surface area (Å²) < 4.78 is 60.9. The first-order chi connectivity index (χ1) is 13.4. The van der Waals surface area contributed by atoms with Crippen LogP contribution in [0.1, 0.15) is 12.1 Å². The quantitative estimate of drug-likeness (QED) is 0.744. The van der Waals surface area contributed by atoms with Crippen LogP contribution in [0.4, 0.5) is 13.2 Å². The van der Waals surface area contributed by atoms with E-state index in [0.29, 0.717) is 18.7 Å². The Balaban J connectivity index is 0.000000370. The molecule has 0 radical (unpaired) electrons. The molecule has 1 aromatic heterocycles. The lowest BCUT2D eigenvalue weighted by atomic mass is 9.83. The van der Waals surface area contributed by atoms with E-state index in [-0.39, 0.29) is 37.1 Å². The summed E-state index contributed by atoms with van der Waals surface area (Å²) in [5, 5.41) is 7.12. The number of alkyl halides is 3. The molecule has 162 valence electrons. The summed E-state index contributed by atoms with van der Waals surface area (Å²) >= 11 is 0. The van der Waals surface area contributed by atoms with Gasteiger partial charge in [0, 0.05) is 38.0 Å². The van der Waals surface area contributed by atoms with Gasteiger partial charge in [-0.15, -0.1) is 0 Å². The maximum Gasteiger partial charge on any atom is 0.490 e. The van der Waals surface area contributed by atoms with E-state index < -0.39 is 26.7 Å². The molecule has 1 atom stereocenters. The second-order valence-corrected chi connectivity index (χ2v) is 9.33. The number of likely N-dealkylation sites (tertiary alicyclic amines) is 1. The molecule has 12 heteroatoms. The first kappa shape index (κ1) is 23.1. The molecule has 1 spiro atoms. The molecule has 1 unspecified atom stereocenters. The van der Waals surface area contributed by atoms with Gasteiger partial charge in [0.25, 0.3) is 0 Å². The zero-order chi connectivity index (χ0) is 21.9. The third-order valence-corrected chi connectivity index (χ3v) is 7.64. The average molecular weight is 438 g/mol. The number of hydrogen-bond donors (Lipinski definition) is 1. The zero-order valence-corrected chi connectivity index (χ0v) is 16.4. The maximum atomic E-state index is 12.4. The van der Waals surface area contributed by atoms with Gasteiger partial charge in [-0.2, -0.15) is 13.2 Å². The number of carboxylic acids is 1. The van der Waals surface area contributed by atoms with Crippen LogP contribution in [0, 0.1) is 5.92 Å². The molecule has 3 heterocycles. The number of hydrogen-bond acceptors (Lipinski definition) is 6. The number of carboxylic acid groups (broad SMARTS) is 1. The largest absolute Gasteiger partial charge is 0.490 e. The summed E-state index contributed by atoms with van der Waals surface area (Å²) in [6, 6.07) is 5.43. The predicted molar refractivity (Wildman–Crippen MR) is 94.7 cm³/mol. The fraction of sp³-hybridized carbons (Fsp3) is 0.588. The third kappa shape index (κ3) is 5.04. The van der Waals surface area contributed by atoms with Crippen molar-refractivity contribution in [1.82, 2.24) is 9.88 Å². The molecular weight excluding hydrogens is 417 g/mol. The van der Waals surface area contributed by atoms with Crippen molar-refractivity contribution in [3.05, 3.63) is 30.1 Å². The topological polar surface area (TPSA) is 114 Å². The van der Waals surface area contributed by atoms with E-state index in [2.05, 4.69) is 4.98 Å². The van der Waals surface area contributed by atoms with Gasteiger partial charge in [0.15, 0.2) is 9.84 Å². The molecule has 29 heavy (non-hydrogen) atoms. The number of aromatic nitrogens is 1. The number of nitrogens with zero attached hydrogens (tertiary/aromatic N) is 2. The Labute approximate surface area is 165 Å². The lowest BCUT2D eigenvalue weighted by Crippen LogP contribution is -2.69. The molecule has 2 saturated heterocycles. The van der Waals surface area contributed by atoms with E-state index in [1.54, 1.807) is 30.3 Å². The first-order valence-corrected chi connectivity index (χ1v) is 10.3. The Morgan fingerprint density at radius 1 is 1.34 bits per heavy atom. The molecule has 2 fully saturated rings. The minimum atomic E-state index is -5.08. The third-order valence-electron chi connectivity index (χ3n) is 5.04. The number of sulfone groups is 1. The molecule has 2 aliphatic rings. The van der Waals surface area contributed by atoms with Crippen LogP contribution in [-0.2, 0) is 30.6 Å². The Morgan fingerprint density at radius 3 is 2.45 bits per heavy atom. The lowest BCUT2D eigenvalue weighted by molar-refractivity contribution is -0.192. The first-order valence-electron chi connectivity index (χ1n) is 8.62. The number of halogens is 3. The van der Waals surface area contributed by atoms with Gasteiger partial charge in [0.1, 0.15) is 4.75 Å². The standard InChI is InChI=1S/C15H20N2O4S.C2HF3O2/c1-21-9-12-5-7-22(19,20)15(12)10-17(11-15)14(18)8-13-4-2-3-6-16-13;3-2(4,5)1(6)7/h2-4,6,12H,5,7-11H2,1H3;(H,6,7). The molecule has 1 aromatic rings. The van der Waals surface area contributed by atoms with Crippen LogP contribution >= 0.6 is 0 Å². The highest BCUT2D eigenvalue weighted by Gasteiger charge is 2.62. The van der Waals surface area contributed by atoms with Crippen LogP contribution in [0.2, 0.25) is 0 Å². The van der Waals surface area contributed by atoms with Crippen molar-refractivity contribution in [1.29, 1.82) is 0 Å². The number of methoxy groups -OCH3 is 1. The normalized spacial score (nSPS) is 21.8. The maximum absolute atomic E-state index is 12.4. The van der Waals surface area contributed by atoms with Crippen molar-refractivity contribution < 1.29 is 41.0 Å². The molecule has 1 amide bonds. The molecule has 0 bridgehead atoms. The fourth-order valence-electron chi connectivity index (χ4n) is 3.45.